The average Bonchev–Trinajstić information content (AvgIpc) is 3.87. The Morgan fingerprint density at radius 2 is 1.20 bits per heavy atom. The molecule has 4 aliphatic carbocycles. The predicted molar refractivity (Wildman–Crippen MR) is 287 cm³/mol. The van der Waals surface area contributed by atoms with Crippen molar-refractivity contribution >= 4 is 50.6 Å². The van der Waals surface area contributed by atoms with Gasteiger partial charge in [0.15, 0.2) is 0 Å². The lowest BCUT2D eigenvalue weighted by molar-refractivity contribution is -0.00522. The van der Waals surface area contributed by atoms with Crippen molar-refractivity contribution in [3.05, 3.63) is 168 Å². The SMILES string of the molecule is CC(C)(C)c1cccc(-c2cccc3c2[N+](c2cc(C(C)(C)C)cc(C(C)(C)C)c2)=C=[N+]3c2cccc(Oc3ccc4c5ccccc5n(-c5cc(C67CC8CC(CC(C8)C6)C7)ccn5)c4c3)c2)c1. The second kappa shape index (κ2) is 15.7. The monoisotopic (exact) mass is 907 g/mol. The van der Waals surface area contributed by atoms with Crippen molar-refractivity contribution in [1.82, 2.24) is 18.7 Å². The molecule has 0 radical (unpaired) electrons. The average molecular weight is 907 g/mol. The number of aromatic nitrogens is 2. The maximum atomic E-state index is 6.90. The van der Waals surface area contributed by atoms with Crippen LogP contribution in [0.4, 0.5) is 22.7 Å². The number of pyridine rings is 1. The maximum Gasteiger partial charge on any atom is 0.503 e. The summed E-state index contributed by atoms with van der Waals surface area (Å²) in [7, 11) is 0. The van der Waals surface area contributed by atoms with Crippen LogP contribution in [0.2, 0.25) is 0 Å². The molecule has 0 amide bonds. The Labute approximate surface area is 408 Å². The quantitative estimate of drug-likeness (QED) is 0.149. The van der Waals surface area contributed by atoms with Crippen LogP contribution in [0.5, 0.6) is 11.5 Å². The fraction of sp³-hybridized carbons (Fsp3) is 0.344. The molecule has 13 rings (SSSR count). The van der Waals surface area contributed by atoms with Crippen LogP contribution in [0.1, 0.15) is 123 Å². The van der Waals surface area contributed by atoms with E-state index in [1.807, 2.05) is 0 Å². The topological polar surface area (TPSA) is 33.1 Å². The van der Waals surface area contributed by atoms with Crippen LogP contribution in [0, 0.1) is 17.8 Å². The van der Waals surface area contributed by atoms with Crippen LogP contribution in [-0.4, -0.2) is 15.6 Å². The van der Waals surface area contributed by atoms with Gasteiger partial charge in [0.2, 0.25) is 11.4 Å². The zero-order valence-corrected chi connectivity index (χ0v) is 42.0. The van der Waals surface area contributed by atoms with Gasteiger partial charge in [-0.15, -0.1) is 0 Å². The zero-order valence-electron chi connectivity index (χ0n) is 42.0. The first-order valence-electron chi connectivity index (χ1n) is 25.5. The highest BCUT2D eigenvalue weighted by molar-refractivity contribution is 6.09. The van der Waals surface area contributed by atoms with Crippen molar-refractivity contribution < 1.29 is 4.74 Å². The van der Waals surface area contributed by atoms with Gasteiger partial charge in [0, 0.05) is 47.3 Å². The van der Waals surface area contributed by atoms with Crippen LogP contribution in [-0.2, 0) is 21.7 Å². The molecule has 0 saturated heterocycles. The zero-order chi connectivity index (χ0) is 47.6. The van der Waals surface area contributed by atoms with Gasteiger partial charge in [0.1, 0.15) is 17.3 Å². The Bertz CT molecular complexity index is 3380. The molecular weight excluding hydrogens is 841 g/mol. The van der Waals surface area contributed by atoms with E-state index in [4.69, 9.17) is 9.72 Å². The van der Waals surface area contributed by atoms with Crippen LogP contribution in [0.15, 0.2) is 146 Å². The second-order valence-corrected chi connectivity index (χ2v) is 24.3. The molecule has 4 saturated carbocycles. The molecule has 0 atom stereocenters. The largest absolute Gasteiger partial charge is 0.503 e. The van der Waals surface area contributed by atoms with Gasteiger partial charge >= 0.3 is 11.7 Å². The molecule has 6 aromatic carbocycles. The molecule has 0 N–H and O–H groups in total. The number of para-hydroxylation sites is 2. The predicted octanol–water partition coefficient (Wildman–Crippen LogP) is 16.9. The molecule has 5 nitrogen and oxygen atoms in total. The van der Waals surface area contributed by atoms with Crippen molar-refractivity contribution in [2.24, 2.45) is 17.8 Å². The van der Waals surface area contributed by atoms with Crippen LogP contribution >= 0.6 is 0 Å². The molecule has 2 aromatic heterocycles. The third-order valence-electron chi connectivity index (χ3n) is 16.2. The van der Waals surface area contributed by atoms with E-state index in [1.165, 1.54) is 82.7 Å². The summed E-state index contributed by atoms with van der Waals surface area (Å²) < 4.78 is 13.8. The molecule has 3 heterocycles. The second-order valence-electron chi connectivity index (χ2n) is 24.3. The van der Waals surface area contributed by atoms with Gasteiger partial charge in [-0.3, -0.25) is 4.57 Å². The third kappa shape index (κ3) is 7.65. The lowest BCUT2D eigenvalue weighted by Crippen LogP contribution is -2.48. The fourth-order valence-corrected chi connectivity index (χ4v) is 12.9. The van der Waals surface area contributed by atoms with Crippen molar-refractivity contribution in [3.8, 4) is 28.4 Å². The van der Waals surface area contributed by atoms with E-state index >= 15 is 0 Å². The first kappa shape index (κ1) is 43.7. The molecule has 4 fully saturated rings. The van der Waals surface area contributed by atoms with Crippen LogP contribution < -0.4 is 13.9 Å². The number of benzene rings is 6. The smallest absolute Gasteiger partial charge is 0.457 e. The third-order valence-corrected chi connectivity index (χ3v) is 16.2. The van der Waals surface area contributed by atoms with E-state index in [-0.39, 0.29) is 21.7 Å². The molecule has 5 heteroatoms. The summed E-state index contributed by atoms with van der Waals surface area (Å²) in [5.41, 5.74) is 14.5. The van der Waals surface area contributed by atoms with Gasteiger partial charge < -0.3 is 4.74 Å². The molecule has 346 valence electrons. The van der Waals surface area contributed by atoms with Crippen molar-refractivity contribution in [2.75, 3.05) is 0 Å². The molecule has 69 heavy (non-hydrogen) atoms. The number of nitrogens with zero attached hydrogens (tertiary/aromatic N) is 4. The van der Waals surface area contributed by atoms with Gasteiger partial charge in [-0.1, -0.05) is 123 Å². The minimum atomic E-state index is -0.0452. The van der Waals surface area contributed by atoms with E-state index in [0.717, 1.165) is 68.9 Å². The molecular formula is C64H66N4O+2. The Morgan fingerprint density at radius 1 is 0.551 bits per heavy atom. The molecule has 0 spiro atoms. The summed E-state index contributed by atoms with van der Waals surface area (Å²) in [6.07, 6.45) is 10.4. The summed E-state index contributed by atoms with van der Waals surface area (Å²) in [4.78, 5) is 5.10. The van der Waals surface area contributed by atoms with Crippen molar-refractivity contribution in [2.45, 2.75) is 122 Å². The summed E-state index contributed by atoms with van der Waals surface area (Å²) >= 11 is 0. The van der Waals surface area contributed by atoms with E-state index < -0.39 is 0 Å². The standard InChI is InChI=1S/C64H66N4O/c1-61(2,3)45-16-12-15-44(30-45)53-20-14-22-57-60(53)67(50-32-47(62(4,5)6)31-48(33-50)63(7,8)9)40-66(57)49-17-13-18-51(35-49)69-52-23-24-55-54-19-10-11-21-56(54)68(58(55)36-52)59-34-46(25-26-65-59)64-37-41-27-42(38-64)29-43(28-41)39-64/h10-26,30-36,41-43H,27-29,37-39H2,1-9H3/q+2. The number of hydrogen-bond donors (Lipinski definition) is 0. The summed E-state index contributed by atoms with van der Waals surface area (Å²) in [6, 6.07) is 55.3. The number of ether oxygens (including phenoxy) is 1. The molecule has 5 aliphatic rings. The highest BCUT2D eigenvalue weighted by Crippen LogP contribution is 2.61. The maximum absolute atomic E-state index is 6.90. The molecule has 8 aromatic rings. The van der Waals surface area contributed by atoms with E-state index in [9.17, 15) is 0 Å². The Balaban J connectivity index is 0.962. The fourth-order valence-electron chi connectivity index (χ4n) is 12.9. The number of fused-ring (bicyclic) bond motifs is 4. The summed E-state index contributed by atoms with van der Waals surface area (Å²) in [6.45, 7) is 20.7. The lowest BCUT2D eigenvalue weighted by Gasteiger charge is -2.57. The van der Waals surface area contributed by atoms with Crippen LogP contribution in [0.25, 0.3) is 38.8 Å². The van der Waals surface area contributed by atoms with Gasteiger partial charge in [-0.25, -0.2) is 4.98 Å². The Morgan fingerprint density at radius 3 is 1.91 bits per heavy atom. The minimum Gasteiger partial charge on any atom is -0.457 e. The first-order chi connectivity index (χ1) is 33.0. The highest BCUT2D eigenvalue weighted by atomic mass is 16.5. The Kier molecular flexibility index (Phi) is 9.97. The van der Waals surface area contributed by atoms with E-state index in [0.29, 0.717) is 0 Å². The molecule has 4 bridgehead atoms. The highest BCUT2D eigenvalue weighted by Gasteiger charge is 2.51. The van der Waals surface area contributed by atoms with Gasteiger partial charge in [0.25, 0.3) is 5.69 Å². The number of rotatable bonds is 7. The van der Waals surface area contributed by atoms with Crippen molar-refractivity contribution in [1.29, 1.82) is 0 Å². The Hall–Kier alpha value is -6.55. The summed E-state index contributed by atoms with van der Waals surface area (Å²) in [5, 5.41) is 2.42. The van der Waals surface area contributed by atoms with E-state index in [1.54, 1.807) is 0 Å². The van der Waals surface area contributed by atoms with E-state index in [2.05, 4.69) is 228 Å². The van der Waals surface area contributed by atoms with Gasteiger partial charge in [-0.05, 0) is 157 Å². The minimum absolute atomic E-state index is 0.0117. The van der Waals surface area contributed by atoms with Crippen molar-refractivity contribution in [3.63, 3.8) is 0 Å². The van der Waals surface area contributed by atoms with Gasteiger partial charge in [0.05, 0.1) is 22.7 Å². The number of hydrogen-bond acceptors (Lipinski definition) is 2. The van der Waals surface area contributed by atoms with Gasteiger partial charge in [-0.2, -0.15) is 0 Å². The van der Waals surface area contributed by atoms with Crippen LogP contribution in [0.3, 0.4) is 0 Å². The first-order valence-corrected chi connectivity index (χ1v) is 25.5. The molecule has 1 aliphatic heterocycles. The normalized spacial score (nSPS) is 20.9. The summed E-state index contributed by atoms with van der Waals surface area (Å²) in [5.74, 6) is 5.19. The molecule has 0 unspecified atom stereocenters. The lowest BCUT2D eigenvalue weighted by atomic mass is 9.48.